The minimum absolute atomic E-state index is 0.118. The SMILES string of the molecule is CCc1ccc(-n2c(SCC(=O)Nc3ccccc3)nc3c(-c4ccccc4)cn(C)c3c2=O)cc1. The van der Waals surface area contributed by atoms with Gasteiger partial charge in [-0.05, 0) is 41.8 Å². The molecule has 0 fully saturated rings. The number of nitrogens with one attached hydrogen (secondary N) is 1. The molecule has 6 nitrogen and oxygen atoms in total. The molecule has 1 amide bonds. The molecule has 36 heavy (non-hydrogen) atoms. The van der Waals surface area contributed by atoms with E-state index < -0.39 is 0 Å². The number of carbonyl (C=O) groups is 1. The lowest BCUT2D eigenvalue weighted by molar-refractivity contribution is -0.113. The fourth-order valence-electron chi connectivity index (χ4n) is 4.20. The van der Waals surface area contributed by atoms with E-state index in [1.807, 2.05) is 103 Å². The summed E-state index contributed by atoms with van der Waals surface area (Å²) >= 11 is 1.25. The molecule has 5 aromatic rings. The Kier molecular flexibility index (Phi) is 6.73. The molecule has 2 heterocycles. The van der Waals surface area contributed by atoms with Gasteiger partial charge in [0.2, 0.25) is 5.91 Å². The molecule has 7 heteroatoms. The highest BCUT2D eigenvalue weighted by Crippen LogP contribution is 2.30. The van der Waals surface area contributed by atoms with Crippen LogP contribution in [0.3, 0.4) is 0 Å². The number of nitrogens with zero attached hydrogens (tertiary/aromatic N) is 3. The summed E-state index contributed by atoms with van der Waals surface area (Å²) < 4.78 is 3.44. The molecule has 5 rings (SSSR count). The molecule has 3 aromatic carbocycles. The van der Waals surface area contributed by atoms with E-state index >= 15 is 0 Å². The van der Waals surface area contributed by atoms with Crippen LogP contribution in [0, 0.1) is 0 Å². The third-order valence-corrected chi connectivity index (χ3v) is 6.98. The van der Waals surface area contributed by atoms with Gasteiger partial charge in [0.1, 0.15) is 11.0 Å². The summed E-state index contributed by atoms with van der Waals surface area (Å²) in [5.41, 5.74) is 5.48. The van der Waals surface area contributed by atoms with E-state index in [1.165, 1.54) is 17.3 Å². The second kappa shape index (κ2) is 10.3. The van der Waals surface area contributed by atoms with E-state index in [0.717, 1.165) is 28.9 Å². The van der Waals surface area contributed by atoms with Crippen molar-refractivity contribution in [2.75, 3.05) is 11.1 Å². The fraction of sp³-hybridized carbons (Fsp3) is 0.138. The van der Waals surface area contributed by atoms with Crippen molar-refractivity contribution >= 4 is 34.4 Å². The zero-order valence-electron chi connectivity index (χ0n) is 20.1. The first-order valence-electron chi connectivity index (χ1n) is 11.8. The summed E-state index contributed by atoms with van der Waals surface area (Å²) in [4.78, 5) is 31.6. The minimum atomic E-state index is -0.167. The molecule has 180 valence electrons. The topological polar surface area (TPSA) is 68.9 Å². The Morgan fingerprint density at radius 3 is 2.28 bits per heavy atom. The molecule has 0 spiro atoms. The highest BCUT2D eigenvalue weighted by Gasteiger charge is 2.20. The predicted octanol–water partition coefficient (Wildman–Crippen LogP) is 5.68. The number of fused-ring (bicyclic) bond motifs is 1. The number of benzene rings is 3. The number of amides is 1. The molecule has 0 atom stereocenters. The minimum Gasteiger partial charge on any atom is -0.344 e. The van der Waals surface area contributed by atoms with Gasteiger partial charge >= 0.3 is 0 Å². The highest BCUT2D eigenvalue weighted by atomic mass is 32.2. The van der Waals surface area contributed by atoms with Crippen LogP contribution < -0.4 is 10.9 Å². The second-order valence-electron chi connectivity index (χ2n) is 8.47. The van der Waals surface area contributed by atoms with Gasteiger partial charge in [-0.15, -0.1) is 0 Å². The van der Waals surface area contributed by atoms with Gasteiger partial charge in [0.25, 0.3) is 5.56 Å². The number of anilines is 1. The average molecular weight is 495 g/mol. The van der Waals surface area contributed by atoms with E-state index in [0.29, 0.717) is 16.2 Å². The number of aromatic nitrogens is 3. The van der Waals surface area contributed by atoms with E-state index in [2.05, 4.69) is 12.2 Å². The summed E-state index contributed by atoms with van der Waals surface area (Å²) in [7, 11) is 1.86. The molecule has 0 aliphatic carbocycles. The molecule has 2 aromatic heterocycles. The number of rotatable bonds is 7. The molecule has 0 aliphatic heterocycles. The van der Waals surface area contributed by atoms with Gasteiger partial charge in [0, 0.05) is 24.5 Å². The zero-order valence-corrected chi connectivity index (χ0v) is 21.0. The fourth-order valence-corrected chi connectivity index (χ4v) is 5.01. The Labute approximate surface area is 213 Å². The standard InChI is InChI=1S/C29H26N4O2S/c1-3-20-14-16-23(17-15-20)33-28(35)27-26(24(18-32(27)2)21-10-6-4-7-11-21)31-29(33)36-19-25(34)30-22-12-8-5-9-13-22/h4-18H,3,19H2,1-2H3,(H,30,34). The molecule has 0 aliphatic rings. The highest BCUT2D eigenvalue weighted by molar-refractivity contribution is 7.99. The van der Waals surface area contributed by atoms with Gasteiger partial charge in [-0.1, -0.05) is 79.3 Å². The summed E-state index contributed by atoms with van der Waals surface area (Å²) in [6.07, 6.45) is 2.85. The first kappa shape index (κ1) is 23.6. The van der Waals surface area contributed by atoms with Gasteiger partial charge in [0.05, 0.1) is 11.4 Å². The largest absolute Gasteiger partial charge is 0.344 e. The first-order chi connectivity index (χ1) is 17.5. The van der Waals surface area contributed by atoms with Gasteiger partial charge in [-0.25, -0.2) is 4.98 Å². The van der Waals surface area contributed by atoms with Crippen LogP contribution in [-0.2, 0) is 18.3 Å². The third kappa shape index (κ3) is 4.70. The Hall–Kier alpha value is -4.10. The van der Waals surface area contributed by atoms with E-state index in [-0.39, 0.29) is 17.2 Å². The normalized spacial score (nSPS) is 11.1. The van der Waals surface area contributed by atoms with Crippen molar-refractivity contribution in [1.82, 2.24) is 14.1 Å². The van der Waals surface area contributed by atoms with Crippen LogP contribution in [0.15, 0.2) is 101 Å². The first-order valence-corrected chi connectivity index (χ1v) is 12.8. The van der Waals surface area contributed by atoms with Crippen LogP contribution in [0.5, 0.6) is 0 Å². The van der Waals surface area contributed by atoms with E-state index in [1.54, 1.807) is 4.57 Å². The van der Waals surface area contributed by atoms with Crippen molar-refractivity contribution in [2.24, 2.45) is 7.05 Å². The Morgan fingerprint density at radius 2 is 1.61 bits per heavy atom. The smallest absolute Gasteiger partial charge is 0.283 e. The lowest BCUT2D eigenvalue weighted by Crippen LogP contribution is -2.24. The van der Waals surface area contributed by atoms with Crippen LogP contribution in [0.2, 0.25) is 0 Å². The average Bonchev–Trinajstić information content (AvgIpc) is 3.25. The van der Waals surface area contributed by atoms with Gasteiger partial charge in [-0.3, -0.25) is 14.2 Å². The molecule has 0 saturated heterocycles. The van der Waals surface area contributed by atoms with Gasteiger partial charge < -0.3 is 9.88 Å². The van der Waals surface area contributed by atoms with Crippen LogP contribution in [0.1, 0.15) is 12.5 Å². The van der Waals surface area contributed by atoms with Gasteiger partial charge in [0.15, 0.2) is 5.16 Å². The number of para-hydroxylation sites is 1. The van der Waals surface area contributed by atoms with Crippen molar-refractivity contribution in [1.29, 1.82) is 0 Å². The third-order valence-electron chi connectivity index (χ3n) is 6.04. The molecule has 0 saturated carbocycles. The van der Waals surface area contributed by atoms with Crippen molar-refractivity contribution in [2.45, 2.75) is 18.5 Å². The summed E-state index contributed by atoms with van der Waals surface area (Å²) in [5.74, 6) is -0.0438. The molecule has 1 N–H and O–H groups in total. The Morgan fingerprint density at radius 1 is 0.944 bits per heavy atom. The monoisotopic (exact) mass is 494 g/mol. The second-order valence-corrected chi connectivity index (χ2v) is 9.42. The van der Waals surface area contributed by atoms with Crippen LogP contribution in [0.25, 0.3) is 27.8 Å². The number of carbonyl (C=O) groups excluding carboxylic acids is 1. The van der Waals surface area contributed by atoms with E-state index in [9.17, 15) is 9.59 Å². The maximum atomic E-state index is 13.9. The lowest BCUT2D eigenvalue weighted by Gasteiger charge is -2.13. The van der Waals surface area contributed by atoms with Crippen LogP contribution >= 0.6 is 11.8 Å². The quantitative estimate of drug-likeness (QED) is 0.233. The zero-order chi connectivity index (χ0) is 25.1. The Bertz CT molecular complexity index is 1570. The molecular weight excluding hydrogens is 468 g/mol. The molecular formula is C29H26N4O2S. The lowest BCUT2D eigenvalue weighted by atomic mass is 10.1. The summed E-state index contributed by atoms with van der Waals surface area (Å²) in [6, 6.07) is 27.1. The summed E-state index contributed by atoms with van der Waals surface area (Å²) in [5, 5.41) is 3.38. The van der Waals surface area contributed by atoms with Crippen molar-refractivity contribution in [3.63, 3.8) is 0 Å². The van der Waals surface area contributed by atoms with Crippen molar-refractivity contribution in [3.8, 4) is 16.8 Å². The maximum absolute atomic E-state index is 13.9. The van der Waals surface area contributed by atoms with Crippen molar-refractivity contribution < 1.29 is 4.79 Å². The van der Waals surface area contributed by atoms with Crippen LogP contribution in [-0.4, -0.2) is 25.8 Å². The summed E-state index contributed by atoms with van der Waals surface area (Å²) in [6.45, 7) is 2.09. The number of hydrogen-bond acceptors (Lipinski definition) is 4. The molecule has 0 radical (unpaired) electrons. The van der Waals surface area contributed by atoms with Crippen LogP contribution in [0.4, 0.5) is 5.69 Å². The maximum Gasteiger partial charge on any atom is 0.283 e. The van der Waals surface area contributed by atoms with E-state index in [4.69, 9.17) is 4.98 Å². The molecule has 0 unspecified atom stereocenters. The Balaban J connectivity index is 1.60. The molecule has 0 bridgehead atoms. The number of aryl methyl sites for hydroxylation is 2. The number of hydrogen-bond donors (Lipinski definition) is 1. The predicted molar refractivity (Wildman–Crippen MR) is 147 cm³/mol. The number of thioether (sulfide) groups is 1. The van der Waals surface area contributed by atoms with Crippen molar-refractivity contribution in [3.05, 3.63) is 107 Å². The van der Waals surface area contributed by atoms with Gasteiger partial charge in [-0.2, -0.15) is 0 Å².